The molecule has 0 atom stereocenters. The van der Waals surface area contributed by atoms with E-state index in [9.17, 15) is 0 Å². The monoisotopic (exact) mass is 146 g/mol. The lowest BCUT2D eigenvalue weighted by Gasteiger charge is -1.83. The maximum Gasteiger partial charge on any atom is 0.192 e. The third-order valence-corrected chi connectivity index (χ3v) is 1.95. The summed E-state index contributed by atoms with van der Waals surface area (Å²) in [7, 11) is 0. The highest BCUT2D eigenvalue weighted by Gasteiger charge is 1.91. The molecule has 0 spiro atoms. The Morgan fingerprint density at radius 1 is 1.88 bits per heavy atom. The van der Waals surface area contributed by atoms with Gasteiger partial charge in [-0.3, -0.25) is 0 Å². The van der Waals surface area contributed by atoms with Crippen LogP contribution >= 0.6 is 24.2 Å². The number of rotatable bonds is 1. The number of hydrogen-bond donors (Lipinski definition) is 2. The van der Waals surface area contributed by atoms with Crippen LogP contribution in [0.3, 0.4) is 0 Å². The smallest absolute Gasteiger partial charge is 0.192 e. The van der Waals surface area contributed by atoms with Crippen LogP contribution in [0.25, 0.3) is 0 Å². The van der Waals surface area contributed by atoms with E-state index in [4.69, 9.17) is 0 Å². The van der Waals surface area contributed by atoms with Gasteiger partial charge < -0.3 is 4.72 Å². The van der Waals surface area contributed by atoms with E-state index < -0.39 is 0 Å². The van der Waals surface area contributed by atoms with E-state index in [1.165, 1.54) is 0 Å². The van der Waals surface area contributed by atoms with E-state index in [0.717, 1.165) is 10.8 Å². The molecule has 1 aromatic rings. The minimum atomic E-state index is 0.853. The first kappa shape index (κ1) is 5.91. The predicted octanol–water partition coefficient (Wildman–Crippen LogP) is 1.71. The molecule has 0 saturated carbocycles. The number of aromatic nitrogens is 1. The minimum Gasteiger partial charge on any atom is -0.308 e. The van der Waals surface area contributed by atoms with E-state index in [-0.39, 0.29) is 0 Å². The van der Waals surface area contributed by atoms with Gasteiger partial charge in [-0.25, -0.2) is 4.98 Å². The van der Waals surface area contributed by atoms with E-state index in [2.05, 4.69) is 22.5 Å². The van der Waals surface area contributed by atoms with Gasteiger partial charge in [-0.05, 0) is 6.92 Å². The summed E-state index contributed by atoms with van der Waals surface area (Å²) in [6.45, 7) is 1.95. The Bertz CT molecular complexity index is 172. The summed E-state index contributed by atoms with van der Waals surface area (Å²) in [6, 6.07) is 0. The second-order valence-corrected chi connectivity index (χ2v) is 2.49. The Balaban J connectivity index is 2.84. The zero-order valence-corrected chi connectivity index (χ0v) is 6.09. The fourth-order valence-corrected chi connectivity index (χ4v) is 1.20. The van der Waals surface area contributed by atoms with Gasteiger partial charge in [0, 0.05) is 5.38 Å². The Hall–Kier alpha value is -0.220. The first-order chi connectivity index (χ1) is 3.83. The van der Waals surface area contributed by atoms with E-state index in [1.54, 1.807) is 11.3 Å². The Morgan fingerprint density at radius 2 is 2.62 bits per heavy atom. The number of thiol groups is 1. The Morgan fingerprint density at radius 3 is 2.88 bits per heavy atom. The molecule has 0 aliphatic rings. The first-order valence-corrected chi connectivity index (χ1v) is 3.48. The van der Waals surface area contributed by atoms with Crippen molar-refractivity contribution in [3.8, 4) is 0 Å². The molecule has 0 unspecified atom stereocenters. The third-order valence-electron chi connectivity index (χ3n) is 0.715. The average Bonchev–Trinajstić information content (AvgIpc) is 2.14. The van der Waals surface area contributed by atoms with Crippen molar-refractivity contribution < 1.29 is 0 Å². The molecule has 0 saturated heterocycles. The van der Waals surface area contributed by atoms with Crippen LogP contribution in [0.2, 0.25) is 0 Å². The van der Waals surface area contributed by atoms with Crippen LogP contribution in [0.1, 0.15) is 5.69 Å². The maximum absolute atomic E-state index is 4.06. The highest BCUT2D eigenvalue weighted by atomic mass is 32.1. The average molecular weight is 146 g/mol. The Kier molecular flexibility index (Phi) is 1.75. The van der Waals surface area contributed by atoms with Crippen LogP contribution in [0.4, 0.5) is 5.13 Å². The number of nitrogens with one attached hydrogen (secondary N) is 1. The van der Waals surface area contributed by atoms with Gasteiger partial charge in [0.2, 0.25) is 0 Å². The maximum atomic E-state index is 4.06. The zero-order chi connectivity index (χ0) is 5.98. The fourth-order valence-electron chi connectivity index (χ4n) is 0.405. The summed E-state index contributed by atoms with van der Waals surface area (Å²) in [6.07, 6.45) is 0. The fraction of sp³-hybridized carbons (Fsp3) is 0.250. The van der Waals surface area contributed by atoms with Crippen LogP contribution in [0.5, 0.6) is 0 Å². The topological polar surface area (TPSA) is 24.9 Å². The summed E-state index contributed by atoms with van der Waals surface area (Å²) in [5.74, 6) is 0. The first-order valence-electron chi connectivity index (χ1n) is 2.15. The van der Waals surface area contributed by atoms with Crippen molar-refractivity contribution >= 4 is 29.3 Å². The number of thiazole rings is 1. The standard InChI is InChI=1S/C4H6N2S2/c1-3-2-8-4(5-3)6-7/h2,7H,1H3,(H,5,6). The molecule has 1 heterocycles. The minimum absolute atomic E-state index is 0.853. The number of anilines is 1. The van der Waals surface area contributed by atoms with E-state index in [1.807, 2.05) is 12.3 Å². The van der Waals surface area contributed by atoms with Gasteiger partial charge in [-0.15, -0.1) is 11.3 Å². The van der Waals surface area contributed by atoms with E-state index >= 15 is 0 Å². The highest BCUT2D eigenvalue weighted by molar-refractivity contribution is 7.81. The van der Waals surface area contributed by atoms with Crippen molar-refractivity contribution in [2.24, 2.45) is 0 Å². The molecule has 0 fully saturated rings. The molecule has 1 rings (SSSR count). The number of nitrogens with zero attached hydrogens (tertiary/aromatic N) is 1. The van der Waals surface area contributed by atoms with Crippen molar-refractivity contribution in [2.45, 2.75) is 6.92 Å². The van der Waals surface area contributed by atoms with Gasteiger partial charge in [0.05, 0.1) is 5.69 Å². The molecule has 0 aliphatic heterocycles. The van der Waals surface area contributed by atoms with Crippen LogP contribution in [0.15, 0.2) is 5.38 Å². The van der Waals surface area contributed by atoms with Crippen molar-refractivity contribution in [1.82, 2.24) is 4.98 Å². The SMILES string of the molecule is Cc1csc(NS)n1. The van der Waals surface area contributed by atoms with E-state index in [0.29, 0.717) is 0 Å². The van der Waals surface area contributed by atoms with Crippen molar-refractivity contribution in [3.05, 3.63) is 11.1 Å². The van der Waals surface area contributed by atoms with Crippen molar-refractivity contribution in [2.75, 3.05) is 4.72 Å². The molecule has 1 N–H and O–H groups in total. The lowest BCUT2D eigenvalue weighted by Crippen LogP contribution is -1.76. The van der Waals surface area contributed by atoms with Crippen LogP contribution in [0, 0.1) is 6.92 Å². The summed E-state index contributed by atoms with van der Waals surface area (Å²) >= 11 is 5.37. The van der Waals surface area contributed by atoms with Crippen molar-refractivity contribution in [3.63, 3.8) is 0 Å². The number of aryl methyl sites for hydroxylation is 1. The van der Waals surface area contributed by atoms with Crippen LogP contribution in [-0.4, -0.2) is 4.98 Å². The second-order valence-electron chi connectivity index (χ2n) is 1.41. The molecule has 4 heteroatoms. The molecule has 0 aliphatic carbocycles. The molecule has 0 bridgehead atoms. The van der Waals surface area contributed by atoms with Gasteiger partial charge >= 0.3 is 0 Å². The summed E-state index contributed by atoms with van der Waals surface area (Å²) in [4.78, 5) is 4.06. The summed E-state index contributed by atoms with van der Waals surface area (Å²) < 4.78 is 2.65. The molecular formula is C4H6N2S2. The highest BCUT2D eigenvalue weighted by Crippen LogP contribution is 2.14. The molecule has 44 valence electrons. The number of hydrogen-bond acceptors (Lipinski definition) is 4. The van der Waals surface area contributed by atoms with Gasteiger partial charge in [0.15, 0.2) is 5.13 Å². The molecule has 8 heavy (non-hydrogen) atoms. The van der Waals surface area contributed by atoms with Gasteiger partial charge in [0.25, 0.3) is 0 Å². The lowest BCUT2D eigenvalue weighted by molar-refractivity contribution is 1.27. The molecule has 0 radical (unpaired) electrons. The van der Waals surface area contributed by atoms with Gasteiger partial charge in [-0.2, -0.15) is 0 Å². The largest absolute Gasteiger partial charge is 0.308 e. The molecule has 0 amide bonds. The van der Waals surface area contributed by atoms with Crippen molar-refractivity contribution in [1.29, 1.82) is 0 Å². The summed E-state index contributed by atoms with van der Waals surface area (Å²) in [5.41, 5.74) is 1.03. The van der Waals surface area contributed by atoms with Crippen LogP contribution in [-0.2, 0) is 0 Å². The molecule has 1 aromatic heterocycles. The third kappa shape index (κ3) is 1.14. The van der Waals surface area contributed by atoms with Gasteiger partial charge in [-0.1, -0.05) is 12.8 Å². The zero-order valence-electron chi connectivity index (χ0n) is 4.38. The van der Waals surface area contributed by atoms with Crippen LogP contribution < -0.4 is 4.72 Å². The molecule has 2 nitrogen and oxygen atoms in total. The lowest BCUT2D eigenvalue weighted by atomic mass is 10.6. The predicted molar refractivity (Wildman–Crippen MR) is 39.5 cm³/mol. The quantitative estimate of drug-likeness (QED) is 0.590. The normalized spacial score (nSPS) is 9.25. The van der Waals surface area contributed by atoms with Gasteiger partial charge in [0.1, 0.15) is 0 Å². The Labute approximate surface area is 57.5 Å². The molecule has 0 aromatic carbocycles. The second kappa shape index (κ2) is 2.37. The molecular weight excluding hydrogens is 140 g/mol. The summed E-state index contributed by atoms with van der Waals surface area (Å²) in [5, 5.41) is 2.82.